The number of carbonyl (C=O) groups excluding carboxylic acids is 2. The van der Waals surface area contributed by atoms with E-state index in [0.717, 1.165) is 4.90 Å². The molecule has 1 aliphatic carbocycles. The van der Waals surface area contributed by atoms with Gasteiger partial charge >= 0.3 is 10.2 Å². The van der Waals surface area contributed by atoms with Gasteiger partial charge in [-0.3, -0.25) is 24.5 Å². The fraction of sp³-hybridized carbons (Fsp3) is 0.520. The van der Waals surface area contributed by atoms with Crippen LogP contribution in [0.1, 0.15) is 44.7 Å². The molecule has 4 rings (SSSR count). The molecule has 41 heavy (non-hydrogen) atoms. The van der Waals surface area contributed by atoms with E-state index in [1.54, 1.807) is 0 Å². The summed E-state index contributed by atoms with van der Waals surface area (Å²) in [5, 5.41) is 5.63. The van der Waals surface area contributed by atoms with Gasteiger partial charge in [-0.1, -0.05) is 19.4 Å². The molecule has 2 fully saturated rings. The van der Waals surface area contributed by atoms with Crippen LogP contribution in [-0.2, 0) is 19.9 Å². The predicted molar refractivity (Wildman–Crippen MR) is 137 cm³/mol. The largest absolute Gasteiger partial charge is 0.380 e. The first-order chi connectivity index (χ1) is 18.8. The summed E-state index contributed by atoms with van der Waals surface area (Å²) in [4.78, 5) is 34.9. The lowest BCUT2D eigenvalue weighted by Crippen LogP contribution is -2.62. The molecular formula is C25H30F7N5O3S. The molecule has 2 heterocycles. The number of rotatable bonds is 8. The van der Waals surface area contributed by atoms with Crippen molar-refractivity contribution in [3.05, 3.63) is 48.5 Å². The first-order valence-corrected chi connectivity index (χ1v) is 14.7. The van der Waals surface area contributed by atoms with Crippen molar-refractivity contribution in [2.75, 3.05) is 18.6 Å². The van der Waals surface area contributed by atoms with Crippen molar-refractivity contribution in [1.29, 1.82) is 0 Å². The zero-order valence-electron chi connectivity index (χ0n) is 22.1. The second-order valence-electron chi connectivity index (χ2n) is 10.5. The number of anilines is 1. The highest BCUT2D eigenvalue weighted by molar-refractivity contribution is 8.45. The summed E-state index contributed by atoms with van der Waals surface area (Å²) in [5.74, 6) is -4.52. The Hall–Kier alpha value is -2.98. The summed E-state index contributed by atoms with van der Waals surface area (Å²) >= 11 is 0. The Morgan fingerprint density at radius 2 is 1.73 bits per heavy atom. The van der Waals surface area contributed by atoms with Crippen LogP contribution in [0.3, 0.4) is 0 Å². The molecule has 1 saturated carbocycles. The number of amides is 2. The molecule has 1 aromatic heterocycles. The minimum Gasteiger partial charge on any atom is -0.380 e. The van der Waals surface area contributed by atoms with E-state index in [4.69, 9.17) is 4.74 Å². The smallest absolute Gasteiger partial charge is 0.310 e. The van der Waals surface area contributed by atoms with Gasteiger partial charge in [0.1, 0.15) is 4.90 Å². The van der Waals surface area contributed by atoms with Crippen LogP contribution in [0.5, 0.6) is 0 Å². The molecule has 228 valence electrons. The van der Waals surface area contributed by atoms with Gasteiger partial charge in [0.15, 0.2) is 5.54 Å². The zero-order chi connectivity index (χ0) is 30.3. The lowest BCUT2D eigenvalue weighted by atomic mass is 9.88. The standard InChI is InChI=1S/C25H30F7N5O3S/c1-24(21-15-33-11-12-34-21,23(39)36-16-7-9-25(26,27)10-8-16)37(22(38)20-13-18(40-2)14-35-20)17-3-5-19(6-4-17)41(28,29,30,31)32/h3-6,11-12,15-16,18,20,35H,7-10,13-14H2,1-2H3,(H,36,39)/t18-,20-,24?/m1/s1. The average Bonchev–Trinajstić information content (AvgIpc) is 3.39. The number of benzene rings is 1. The van der Waals surface area contributed by atoms with E-state index in [2.05, 4.69) is 20.6 Å². The van der Waals surface area contributed by atoms with E-state index >= 15 is 0 Å². The molecule has 2 N–H and O–H groups in total. The number of carbonyl (C=O) groups is 2. The van der Waals surface area contributed by atoms with Crippen LogP contribution >= 0.6 is 10.2 Å². The molecule has 16 heteroatoms. The highest BCUT2D eigenvalue weighted by Crippen LogP contribution is 3.02. The first kappa shape index (κ1) is 31.0. The summed E-state index contributed by atoms with van der Waals surface area (Å²) < 4.78 is 100. The third-order valence-corrected chi connectivity index (χ3v) is 8.65. The van der Waals surface area contributed by atoms with E-state index in [1.807, 2.05) is 0 Å². The van der Waals surface area contributed by atoms with Crippen molar-refractivity contribution in [3.8, 4) is 0 Å². The number of methoxy groups -OCH3 is 1. The van der Waals surface area contributed by atoms with E-state index in [-0.39, 0.29) is 55.4 Å². The van der Waals surface area contributed by atoms with Gasteiger partial charge in [0.05, 0.1) is 24.0 Å². The van der Waals surface area contributed by atoms with Crippen LogP contribution in [0.25, 0.3) is 0 Å². The first-order valence-electron chi connectivity index (χ1n) is 12.7. The van der Waals surface area contributed by atoms with Gasteiger partial charge in [-0.25, -0.2) is 8.78 Å². The Labute approximate surface area is 231 Å². The second kappa shape index (κ2) is 10.1. The number of nitrogens with one attached hydrogen (secondary N) is 2. The van der Waals surface area contributed by atoms with Gasteiger partial charge in [0.2, 0.25) is 11.8 Å². The number of nitrogens with zero attached hydrogens (tertiary/aromatic N) is 3. The molecule has 8 nitrogen and oxygen atoms in total. The summed E-state index contributed by atoms with van der Waals surface area (Å²) in [6.07, 6.45) is 2.42. The third-order valence-electron chi connectivity index (χ3n) is 7.49. The lowest BCUT2D eigenvalue weighted by Gasteiger charge is -2.43. The molecule has 3 atom stereocenters. The monoisotopic (exact) mass is 613 g/mol. The molecule has 2 amide bonds. The van der Waals surface area contributed by atoms with Gasteiger partial charge < -0.3 is 15.4 Å². The SMILES string of the molecule is CO[C@H]1CN[C@@H](C(=O)N(c2ccc(S(F)(F)(F)(F)F)cc2)C(C)(C(=O)NC2CCC(F)(F)CC2)c2cnccn2)C1. The molecule has 1 saturated heterocycles. The Bertz CT molecular complexity index is 1280. The van der Waals surface area contributed by atoms with Gasteiger partial charge in [-0.2, -0.15) is 0 Å². The van der Waals surface area contributed by atoms with Crippen LogP contribution in [0, 0.1) is 0 Å². The van der Waals surface area contributed by atoms with Gasteiger partial charge in [0.25, 0.3) is 5.91 Å². The number of hydrogen-bond acceptors (Lipinski definition) is 6. The minimum atomic E-state index is -10.0. The van der Waals surface area contributed by atoms with Crippen molar-refractivity contribution >= 4 is 27.7 Å². The number of ether oxygens (including phenoxy) is 1. The minimum absolute atomic E-state index is 0.0540. The van der Waals surface area contributed by atoms with Crippen LogP contribution in [0.4, 0.5) is 33.9 Å². The molecule has 2 aromatic rings. The normalized spacial score (nSPS) is 24.5. The van der Waals surface area contributed by atoms with Crippen molar-refractivity contribution in [3.63, 3.8) is 0 Å². The summed E-state index contributed by atoms with van der Waals surface area (Å²) in [7, 11) is -8.62. The Morgan fingerprint density at radius 3 is 2.24 bits per heavy atom. The number of halogens is 7. The zero-order valence-corrected chi connectivity index (χ0v) is 23.0. The number of hydrogen-bond donors (Lipinski definition) is 2. The molecule has 1 aliphatic heterocycles. The van der Waals surface area contributed by atoms with Crippen molar-refractivity contribution in [2.45, 2.75) is 73.6 Å². The fourth-order valence-corrected chi connectivity index (χ4v) is 5.73. The van der Waals surface area contributed by atoms with Crippen LogP contribution in [0.2, 0.25) is 0 Å². The van der Waals surface area contributed by atoms with E-state index < -0.39 is 63.3 Å². The quantitative estimate of drug-likeness (QED) is 0.385. The van der Waals surface area contributed by atoms with Crippen LogP contribution in [0.15, 0.2) is 47.8 Å². The predicted octanol–water partition coefficient (Wildman–Crippen LogP) is 5.45. The third kappa shape index (κ3) is 6.75. The molecule has 1 unspecified atom stereocenters. The van der Waals surface area contributed by atoms with E-state index in [0.29, 0.717) is 12.1 Å². The molecule has 2 aliphatic rings. The Morgan fingerprint density at radius 1 is 1.10 bits per heavy atom. The average molecular weight is 614 g/mol. The van der Waals surface area contributed by atoms with Crippen LogP contribution < -0.4 is 15.5 Å². The van der Waals surface area contributed by atoms with Crippen LogP contribution in [-0.4, -0.2) is 59.5 Å². The highest BCUT2D eigenvalue weighted by Gasteiger charge is 2.65. The fourth-order valence-electron chi connectivity index (χ4n) is 5.08. The molecule has 0 spiro atoms. The van der Waals surface area contributed by atoms with Gasteiger partial charge in [-0.05, 0) is 50.5 Å². The Kier molecular flexibility index (Phi) is 7.62. The molecule has 0 radical (unpaired) electrons. The van der Waals surface area contributed by atoms with E-state index in [1.165, 1.54) is 32.6 Å². The maximum absolute atomic E-state index is 14.0. The maximum Gasteiger partial charge on any atom is 0.310 e. The molecule has 1 aromatic carbocycles. The molecular weight excluding hydrogens is 583 g/mol. The second-order valence-corrected chi connectivity index (χ2v) is 12.9. The van der Waals surface area contributed by atoms with E-state index in [9.17, 15) is 37.8 Å². The Balaban J connectivity index is 1.81. The summed E-state index contributed by atoms with van der Waals surface area (Å²) in [6.45, 7) is 1.54. The molecule has 0 bridgehead atoms. The maximum atomic E-state index is 14.0. The van der Waals surface area contributed by atoms with Crippen molar-refractivity contribution in [2.24, 2.45) is 0 Å². The van der Waals surface area contributed by atoms with Gasteiger partial charge in [0, 0.05) is 50.6 Å². The van der Waals surface area contributed by atoms with Crippen molar-refractivity contribution in [1.82, 2.24) is 20.6 Å². The summed E-state index contributed by atoms with van der Waals surface area (Å²) in [5.41, 5.74) is -2.49. The highest BCUT2D eigenvalue weighted by atomic mass is 32.5. The number of alkyl halides is 2. The summed E-state index contributed by atoms with van der Waals surface area (Å²) in [6, 6.07) is -0.000827. The topological polar surface area (TPSA) is 96.5 Å². The van der Waals surface area contributed by atoms with Crippen molar-refractivity contribution < 1.29 is 42.5 Å². The lowest BCUT2D eigenvalue weighted by molar-refractivity contribution is -0.132. The van der Waals surface area contributed by atoms with Gasteiger partial charge in [-0.15, -0.1) is 0 Å². The number of aromatic nitrogens is 2.